The minimum Gasteiger partial charge on any atom is -0.288 e. The van der Waals surface area contributed by atoms with E-state index in [4.69, 9.17) is 0 Å². The van der Waals surface area contributed by atoms with E-state index in [0.717, 1.165) is 25.7 Å². The van der Waals surface area contributed by atoms with Crippen LogP contribution in [0.3, 0.4) is 0 Å². The van der Waals surface area contributed by atoms with E-state index in [2.05, 4.69) is 31.6 Å². The predicted molar refractivity (Wildman–Crippen MR) is 72.9 cm³/mol. The van der Waals surface area contributed by atoms with Gasteiger partial charge in [-0.15, -0.1) is 0 Å². The third-order valence-corrected chi connectivity index (χ3v) is 5.78. The van der Waals surface area contributed by atoms with E-state index in [-0.39, 0.29) is 17.8 Å². The van der Waals surface area contributed by atoms with Gasteiger partial charge < -0.3 is 0 Å². The van der Waals surface area contributed by atoms with E-state index in [1.807, 2.05) is 0 Å². The summed E-state index contributed by atoms with van der Waals surface area (Å²) >= 11 is 0. The highest BCUT2D eigenvalue weighted by molar-refractivity contribution is 6.78. The first-order valence-electron chi connectivity index (χ1n) is 6.72. The van der Waals surface area contributed by atoms with Crippen LogP contribution in [0.25, 0.3) is 0 Å². The normalized spacial score (nSPS) is 23.9. The van der Waals surface area contributed by atoms with Crippen molar-refractivity contribution in [2.24, 2.45) is 4.99 Å². The summed E-state index contributed by atoms with van der Waals surface area (Å²) in [5.41, 5.74) is 0.0969. The molecule has 0 fully saturated rings. The molecule has 0 aromatic heterocycles. The molecule has 0 saturated heterocycles. The molecule has 0 aliphatic carbocycles. The smallest absolute Gasteiger partial charge is 0.287 e. The molecule has 0 spiro atoms. The summed E-state index contributed by atoms with van der Waals surface area (Å²) in [4.78, 5) is 4.34. The summed E-state index contributed by atoms with van der Waals surface area (Å²) in [7, 11) is -1.58. The number of nitrogens with zero attached hydrogens (tertiary/aromatic N) is 1. The minimum absolute atomic E-state index is 0.0359. The second kappa shape index (κ2) is 5.59. The van der Waals surface area contributed by atoms with Gasteiger partial charge in [0.2, 0.25) is 0 Å². The first-order valence-corrected chi connectivity index (χ1v) is 10.3. The van der Waals surface area contributed by atoms with Gasteiger partial charge in [-0.3, -0.25) is 4.99 Å². The molecule has 1 unspecified atom stereocenters. The van der Waals surface area contributed by atoms with E-state index < -0.39 is 14.0 Å². The van der Waals surface area contributed by atoms with Crippen LogP contribution in [-0.2, 0) is 0 Å². The third kappa shape index (κ3) is 4.16. The van der Waals surface area contributed by atoms with Crippen LogP contribution in [0.15, 0.2) is 4.99 Å². The van der Waals surface area contributed by atoms with Crippen molar-refractivity contribution < 1.29 is 8.78 Å². The highest BCUT2D eigenvalue weighted by atomic mass is 28.3. The largest absolute Gasteiger partial charge is 0.288 e. The fourth-order valence-electron chi connectivity index (χ4n) is 2.16. The Morgan fingerprint density at radius 3 is 2.35 bits per heavy atom. The number of unbranched alkanes of at least 4 members (excludes halogenated alkanes) is 3. The van der Waals surface area contributed by atoms with E-state index in [9.17, 15) is 8.78 Å². The molecule has 1 atom stereocenters. The number of alkyl halides is 2. The van der Waals surface area contributed by atoms with E-state index in [1.165, 1.54) is 0 Å². The van der Waals surface area contributed by atoms with Crippen LogP contribution in [0.1, 0.15) is 45.4 Å². The third-order valence-electron chi connectivity index (χ3n) is 3.45. The molecular formula is C13H25F2NSi. The standard InChI is InChI=1S/C13H25F2NSi/c1-5-6-7-8-9-11-13(14,15)10-12(16-11)17(2,3)4/h12H,5-10H2,1-4H3. The number of halogens is 2. The molecule has 4 heteroatoms. The maximum absolute atomic E-state index is 13.8. The molecule has 0 aromatic rings. The van der Waals surface area contributed by atoms with E-state index >= 15 is 0 Å². The summed E-state index contributed by atoms with van der Waals surface area (Å²) in [6, 6.07) is 0. The van der Waals surface area contributed by atoms with E-state index in [1.54, 1.807) is 0 Å². The molecule has 1 aliphatic heterocycles. The Balaban J connectivity index is 2.56. The predicted octanol–water partition coefficient (Wildman–Crippen LogP) is 4.68. The van der Waals surface area contributed by atoms with Crippen LogP contribution in [-0.4, -0.2) is 25.4 Å². The van der Waals surface area contributed by atoms with E-state index in [0.29, 0.717) is 6.42 Å². The topological polar surface area (TPSA) is 12.4 Å². The average molecular weight is 261 g/mol. The number of aliphatic imine (C=N–C) groups is 1. The lowest BCUT2D eigenvalue weighted by molar-refractivity contribution is 0.0752. The number of rotatable bonds is 6. The Morgan fingerprint density at radius 2 is 1.88 bits per heavy atom. The Bertz CT molecular complexity index is 282. The van der Waals surface area contributed by atoms with Crippen LogP contribution in [0.4, 0.5) is 8.78 Å². The van der Waals surface area contributed by atoms with Crippen molar-refractivity contribution in [3.8, 4) is 0 Å². The molecule has 1 heterocycles. The Labute approximate surface area is 105 Å². The monoisotopic (exact) mass is 261 g/mol. The van der Waals surface area contributed by atoms with Gasteiger partial charge in [-0.05, 0) is 12.8 Å². The second-order valence-electron chi connectivity index (χ2n) is 6.18. The van der Waals surface area contributed by atoms with Crippen molar-refractivity contribution >= 4 is 13.8 Å². The second-order valence-corrected chi connectivity index (χ2v) is 11.6. The fraction of sp³-hybridized carbons (Fsp3) is 0.923. The number of hydrogen-bond acceptors (Lipinski definition) is 1. The Morgan fingerprint density at radius 1 is 1.24 bits per heavy atom. The summed E-state index contributed by atoms with van der Waals surface area (Å²) in [5, 5.41) is 0. The molecule has 100 valence electrons. The van der Waals surface area contributed by atoms with Crippen LogP contribution in [0.5, 0.6) is 0 Å². The molecule has 0 N–H and O–H groups in total. The maximum Gasteiger partial charge on any atom is 0.287 e. The van der Waals surface area contributed by atoms with Gasteiger partial charge in [0.1, 0.15) is 0 Å². The van der Waals surface area contributed by atoms with Crippen molar-refractivity contribution in [2.45, 2.75) is 76.7 Å². The molecule has 1 nitrogen and oxygen atoms in total. The number of hydrogen-bond donors (Lipinski definition) is 0. The van der Waals surface area contributed by atoms with Gasteiger partial charge in [0.15, 0.2) is 0 Å². The Kier molecular flexibility index (Phi) is 4.87. The molecule has 0 bridgehead atoms. The maximum atomic E-state index is 13.8. The highest BCUT2D eigenvalue weighted by Crippen LogP contribution is 2.36. The van der Waals surface area contributed by atoms with Crippen LogP contribution >= 0.6 is 0 Å². The van der Waals surface area contributed by atoms with Crippen molar-refractivity contribution in [3.05, 3.63) is 0 Å². The van der Waals surface area contributed by atoms with Gasteiger partial charge in [0.05, 0.1) is 13.8 Å². The minimum atomic E-state index is -2.63. The molecule has 0 saturated carbocycles. The van der Waals surface area contributed by atoms with Crippen LogP contribution < -0.4 is 0 Å². The summed E-state index contributed by atoms with van der Waals surface area (Å²) in [6.07, 6.45) is 4.64. The van der Waals surface area contributed by atoms with Gasteiger partial charge in [-0.2, -0.15) is 8.78 Å². The average Bonchev–Trinajstić information content (AvgIpc) is 2.49. The SMILES string of the molecule is CCCCCCC1=NC([Si](C)(C)C)CC1(F)F. The molecule has 0 amide bonds. The van der Waals surface area contributed by atoms with Crippen molar-refractivity contribution in [1.29, 1.82) is 0 Å². The zero-order valence-electron chi connectivity index (χ0n) is 11.5. The lowest BCUT2D eigenvalue weighted by Gasteiger charge is -2.22. The molecule has 1 rings (SSSR count). The van der Waals surface area contributed by atoms with Gasteiger partial charge in [-0.25, -0.2) is 0 Å². The Hall–Kier alpha value is -0.253. The highest BCUT2D eigenvalue weighted by Gasteiger charge is 2.47. The van der Waals surface area contributed by atoms with Gasteiger partial charge in [-0.1, -0.05) is 45.8 Å². The van der Waals surface area contributed by atoms with Gasteiger partial charge >= 0.3 is 0 Å². The van der Waals surface area contributed by atoms with Gasteiger partial charge in [0, 0.05) is 12.1 Å². The summed E-state index contributed by atoms with van der Waals surface area (Å²) in [5.74, 6) is -2.63. The molecule has 0 aromatic carbocycles. The molecule has 0 radical (unpaired) electrons. The van der Waals surface area contributed by atoms with Crippen LogP contribution in [0, 0.1) is 0 Å². The molecule has 1 aliphatic rings. The van der Waals surface area contributed by atoms with Crippen LogP contribution in [0.2, 0.25) is 19.6 Å². The van der Waals surface area contributed by atoms with Crippen molar-refractivity contribution in [1.82, 2.24) is 0 Å². The summed E-state index contributed by atoms with van der Waals surface area (Å²) in [6.45, 7) is 8.49. The first kappa shape index (κ1) is 14.8. The zero-order chi connectivity index (χ0) is 13.1. The first-order chi connectivity index (χ1) is 7.77. The quantitative estimate of drug-likeness (QED) is 0.486. The lowest BCUT2D eigenvalue weighted by Crippen LogP contribution is -2.37. The summed E-state index contributed by atoms with van der Waals surface area (Å²) < 4.78 is 27.6. The lowest BCUT2D eigenvalue weighted by atomic mass is 10.1. The van der Waals surface area contributed by atoms with Crippen molar-refractivity contribution in [2.75, 3.05) is 0 Å². The van der Waals surface area contributed by atoms with Crippen molar-refractivity contribution in [3.63, 3.8) is 0 Å². The zero-order valence-corrected chi connectivity index (χ0v) is 12.5. The molecule has 17 heavy (non-hydrogen) atoms. The fourth-order valence-corrected chi connectivity index (χ4v) is 3.57. The molecular weight excluding hydrogens is 236 g/mol. The van der Waals surface area contributed by atoms with Gasteiger partial charge in [0.25, 0.3) is 5.92 Å².